The van der Waals surface area contributed by atoms with E-state index in [1.54, 1.807) is 12.1 Å². The zero-order chi connectivity index (χ0) is 15.1. The summed E-state index contributed by atoms with van der Waals surface area (Å²) in [6.07, 6.45) is 0. The molecule has 0 saturated carbocycles. The zero-order valence-electron chi connectivity index (χ0n) is 11.6. The number of likely N-dealkylation sites (N-methyl/N-ethyl adjacent to an activating group) is 1. The first-order valence-electron chi connectivity index (χ1n) is 6.14. The third-order valence-electron chi connectivity index (χ3n) is 2.50. The Morgan fingerprint density at radius 1 is 1.40 bits per heavy atom. The Morgan fingerprint density at radius 2 is 2.10 bits per heavy atom. The van der Waals surface area contributed by atoms with Crippen LogP contribution in [0.1, 0.15) is 5.56 Å². The van der Waals surface area contributed by atoms with Crippen molar-refractivity contribution >= 4 is 29.1 Å². The molecule has 1 aromatic carbocycles. The highest BCUT2D eigenvalue weighted by Gasteiger charge is 2.11. The molecule has 0 saturated heterocycles. The lowest BCUT2D eigenvalue weighted by molar-refractivity contribution is -0.119. The molecule has 1 amide bonds. The van der Waals surface area contributed by atoms with Gasteiger partial charge in [-0.15, -0.1) is 0 Å². The Labute approximate surface area is 129 Å². The first kappa shape index (κ1) is 17.0. The van der Waals surface area contributed by atoms with E-state index in [-0.39, 0.29) is 6.61 Å². The number of primary amides is 1. The van der Waals surface area contributed by atoms with E-state index in [9.17, 15) is 4.79 Å². The van der Waals surface area contributed by atoms with Gasteiger partial charge in [0.2, 0.25) is 0 Å². The Bertz CT molecular complexity index is 467. The van der Waals surface area contributed by atoms with E-state index in [4.69, 9.17) is 33.7 Å². The molecule has 0 spiro atoms. The van der Waals surface area contributed by atoms with Crippen LogP contribution >= 0.6 is 23.2 Å². The molecule has 0 aliphatic carbocycles. The molecule has 20 heavy (non-hydrogen) atoms. The molecule has 7 heteroatoms. The van der Waals surface area contributed by atoms with E-state index in [0.717, 1.165) is 18.7 Å². The van der Waals surface area contributed by atoms with E-state index < -0.39 is 5.91 Å². The van der Waals surface area contributed by atoms with E-state index >= 15 is 0 Å². The molecule has 5 nitrogen and oxygen atoms in total. The normalized spacial score (nSPS) is 10.8. The van der Waals surface area contributed by atoms with Gasteiger partial charge in [0.1, 0.15) is 5.75 Å². The van der Waals surface area contributed by atoms with E-state index in [1.165, 1.54) is 0 Å². The van der Waals surface area contributed by atoms with E-state index in [1.807, 2.05) is 14.1 Å². The van der Waals surface area contributed by atoms with Crippen LogP contribution in [0.2, 0.25) is 10.0 Å². The predicted molar refractivity (Wildman–Crippen MR) is 81.4 cm³/mol. The zero-order valence-corrected chi connectivity index (χ0v) is 13.1. The summed E-state index contributed by atoms with van der Waals surface area (Å²) in [5.41, 5.74) is 5.87. The fourth-order valence-corrected chi connectivity index (χ4v) is 2.17. The summed E-state index contributed by atoms with van der Waals surface area (Å²) >= 11 is 12.1. The maximum absolute atomic E-state index is 10.8. The van der Waals surface area contributed by atoms with Crippen LogP contribution in [0.4, 0.5) is 0 Å². The van der Waals surface area contributed by atoms with Gasteiger partial charge in [0.05, 0.1) is 5.02 Å². The quantitative estimate of drug-likeness (QED) is 0.713. The highest BCUT2D eigenvalue weighted by Crippen LogP contribution is 2.32. The van der Waals surface area contributed by atoms with Crippen molar-refractivity contribution in [3.63, 3.8) is 0 Å². The molecule has 3 N–H and O–H groups in total. The van der Waals surface area contributed by atoms with Gasteiger partial charge < -0.3 is 20.7 Å². The molecule has 112 valence electrons. The number of nitrogens with two attached hydrogens (primary N) is 1. The summed E-state index contributed by atoms with van der Waals surface area (Å²) in [7, 11) is 4.00. The Kier molecular flexibility index (Phi) is 7.09. The number of benzene rings is 1. The second kappa shape index (κ2) is 8.32. The number of carbonyl (C=O) groups is 1. The molecule has 0 radical (unpaired) electrons. The third kappa shape index (κ3) is 5.96. The monoisotopic (exact) mass is 319 g/mol. The number of carbonyl (C=O) groups excluding carboxylic acids is 1. The number of ether oxygens (including phenoxy) is 1. The van der Waals surface area contributed by atoms with Crippen molar-refractivity contribution < 1.29 is 9.53 Å². The molecule has 0 bridgehead atoms. The standard InChI is InChI=1S/C13H19Cl2N3O2/c1-18(2)4-3-17-7-9-5-10(14)6-11(15)13(9)20-8-12(16)19/h5-6,17H,3-4,7-8H2,1-2H3,(H2,16,19). The summed E-state index contributed by atoms with van der Waals surface area (Å²) in [6, 6.07) is 3.33. The van der Waals surface area contributed by atoms with Crippen molar-refractivity contribution in [3.8, 4) is 5.75 Å². The summed E-state index contributed by atoms with van der Waals surface area (Å²) in [6.45, 7) is 2.05. The maximum atomic E-state index is 10.8. The SMILES string of the molecule is CN(C)CCNCc1cc(Cl)cc(Cl)c1OCC(N)=O. The number of amides is 1. The highest BCUT2D eigenvalue weighted by atomic mass is 35.5. The first-order valence-corrected chi connectivity index (χ1v) is 6.90. The van der Waals surface area contributed by atoms with Crippen molar-refractivity contribution in [2.45, 2.75) is 6.54 Å². The molecule has 0 aliphatic rings. The largest absolute Gasteiger partial charge is 0.482 e. The van der Waals surface area contributed by atoms with Crippen LogP contribution in [0.15, 0.2) is 12.1 Å². The van der Waals surface area contributed by atoms with Crippen LogP contribution in [0, 0.1) is 0 Å². The Hall–Kier alpha value is -1.01. The van der Waals surface area contributed by atoms with Crippen LogP contribution in [0.25, 0.3) is 0 Å². The second-order valence-corrected chi connectivity index (χ2v) is 5.45. The second-order valence-electron chi connectivity index (χ2n) is 4.61. The van der Waals surface area contributed by atoms with Gasteiger partial charge in [0, 0.05) is 30.2 Å². The molecule has 0 heterocycles. The molecular formula is C13H19Cl2N3O2. The van der Waals surface area contributed by atoms with Crippen LogP contribution in [0.3, 0.4) is 0 Å². The Balaban J connectivity index is 2.73. The molecule has 0 unspecified atom stereocenters. The van der Waals surface area contributed by atoms with Gasteiger partial charge in [-0.1, -0.05) is 23.2 Å². The average molecular weight is 320 g/mol. The lowest BCUT2D eigenvalue weighted by Gasteiger charge is -2.15. The minimum atomic E-state index is -0.553. The van der Waals surface area contributed by atoms with Crippen molar-refractivity contribution in [3.05, 3.63) is 27.7 Å². The minimum absolute atomic E-state index is 0.216. The molecular weight excluding hydrogens is 301 g/mol. The molecule has 1 aromatic rings. The maximum Gasteiger partial charge on any atom is 0.255 e. The number of nitrogens with zero attached hydrogens (tertiary/aromatic N) is 1. The Morgan fingerprint density at radius 3 is 2.70 bits per heavy atom. The number of rotatable bonds is 8. The fraction of sp³-hybridized carbons (Fsp3) is 0.462. The van der Waals surface area contributed by atoms with Gasteiger partial charge in [-0.2, -0.15) is 0 Å². The summed E-state index contributed by atoms with van der Waals surface area (Å²) in [5.74, 6) is -0.116. The average Bonchev–Trinajstić information content (AvgIpc) is 2.32. The van der Waals surface area contributed by atoms with Gasteiger partial charge >= 0.3 is 0 Å². The third-order valence-corrected chi connectivity index (χ3v) is 2.99. The lowest BCUT2D eigenvalue weighted by atomic mass is 10.2. The molecule has 0 atom stereocenters. The number of hydrogen-bond donors (Lipinski definition) is 2. The van der Waals surface area contributed by atoms with Crippen molar-refractivity contribution in [1.29, 1.82) is 0 Å². The molecule has 1 rings (SSSR count). The number of hydrogen-bond acceptors (Lipinski definition) is 4. The van der Waals surface area contributed by atoms with Gasteiger partial charge in [-0.05, 0) is 26.2 Å². The van der Waals surface area contributed by atoms with Gasteiger partial charge in [-0.25, -0.2) is 0 Å². The van der Waals surface area contributed by atoms with Crippen molar-refractivity contribution in [2.24, 2.45) is 5.73 Å². The smallest absolute Gasteiger partial charge is 0.255 e. The first-order chi connectivity index (χ1) is 9.40. The topological polar surface area (TPSA) is 67.6 Å². The van der Waals surface area contributed by atoms with Crippen LogP contribution < -0.4 is 15.8 Å². The van der Waals surface area contributed by atoms with E-state index in [0.29, 0.717) is 22.3 Å². The van der Waals surface area contributed by atoms with Gasteiger partial charge in [0.25, 0.3) is 5.91 Å². The number of nitrogens with one attached hydrogen (secondary N) is 1. The van der Waals surface area contributed by atoms with Gasteiger partial charge in [0.15, 0.2) is 6.61 Å². The van der Waals surface area contributed by atoms with Crippen LogP contribution in [-0.4, -0.2) is 44.6 Å². The molecule has 0 aromatic heterocycles. The number of halogens is 2. The lowest BCUT2D eigenvalue weighted by Crippen LogP contribution is -2.26. The van der Waals surface area contributed by atoms with Crippen molar-refractivity contribution in [2.75, 3.05) is 33.8 Å². The van der Waals surface area contributed by atoms with Crippen LogP contribution in [-0.2, 0) is 11.3 Å². The predicted octanol–water partition coefficient (Wildman–Crippen LogP) is 1.51. The molecule has 0 fully saturated rings. The summed E-state index contributed by atoms with van der Waals surface area (Å²) in [5, 5.41) is 4.14. The van der Waals surface area contributed by atoms with Crippen LogP contribution in [0.5, 0.6) is 5.75 Å². The minimum Gasteiger partial charge on any atom is -0.482 e. The summed E-state index contributed by atoms with van der Waals surface area (Å²) in [4.78, 5) is 12.9. The summed E-state index contributed by atoms with van der Waals surface area (Å²) < 4.78 is 5.35. The van der Waals surface area contributed by atoms with Gasteiger partial charge in [-0.3, -0.25) is 4.79 Å². The highest BCUT2D eigenvalue weighted by molar-refractivity contribution is 6.35. The molecule has 0 aliphatic heterocycles. The fourth-order valence-electron chi connectivity index (χ4n) is 1.58. The van der Waals surface area contributed by atoms with E-state index in [2.05, 4.69) is 10.2 Å². The van der Waals surface area contributed by atoms with Crippen molar-refractivity contribution in [1.82, 2.24) is 10.2 Å².